The van der Waals surface area contributed by atoms with E-state index in [9.17, 15) is 0 Å². The molecule has 1 aromatic heterocycles. The summed E-state index contributed by atoms with van der Waals surface area (Å²) in [4.78, 5) is 2.22. The predicted octanol–water partition coefficient (Wildman–Crippen LogP) is 0.612. The standard InChI is InChI=1S/C9H12N4S/c10-5-7-8(11)6-14-9(7)13-3-1-12-2-4-13/h6,12H,1-4,11H2. The molecule has 1 fully saturated rings. The summed E-state index contributed by atoms with van der Waals surface area (Å²) in [5.74, 6) is 0. The SMILES string of the molecule is N#Cc1c(N)csc1N1CCNCC1. The molecule has 1 aliphatic heterocycles. The highest BCUT2D eigenvalue weighted by atomic mass is 32.1. The Balaban J connectivity index is 2.26. The fourth-order valence-electron chi connectivity index (χ4n) is 1.57. The molecule has 0 unspecified atom stereocenters. The molecule has 74 valence electrons. The first-order valence-electron chi connectivity index (χ1n) is 4.55. The smallest absolute Gasteiger partial charge is 0.111 e. The largest absolute Gasteiger partial charge is 0.397 e. The van der Waals surface area contributed by atoms with Crippen LogP contribution in [0.5, 0.6) is 0 Å². The predicted molar refractivity (Wildman–Crippen MR) is 58.5 cm³/mol. The van der Waals surface area contributed by atoms with Gasteiger partial charge >= 0.3 is 0 Å². The fourth-order valence-corrected chi connectivity index (χ4v) is 2.54. The summed E-state index contributed by atoms with van der Waals surface area (Å²) >= 11 is 1.56. The Bertz CT molecular complexity index is 359. The van der Waals surface area contributed by atoms with E-state index in [-0.39, 0.29) is 0 Å². The monoisotopic (exact) mass is 208 g/mol. The zero-order valence-corrected chi connectivity index (χ0v) is 8.60. The van der Waals surface area contributed by atoms with E-state index in [1.165, 1.54) is 0 Å². The third-order valence-electron chi connectivity index (χ3n) is 2.32. The van der Waals surface area contributed by atoms with Gasteiger partial charge in [-0.15, -0.1) is 11.3 Å². The first-order chi connectivity index (χ1) is 6.83. The molecule has 0 radical (unpaired) electrons. The highest BCUT2D eigenvalue weighted by Crippen LogP contribution is 2.32. The van der Waals surface area contributed by atoms with Gasteiger partial charge < -0.3 is 16.0 Å². The van der Waals surface area contributed by atoms with Crippen molar-refractivity contribution in [1.82, 2.24) is 5.32 Å². The van der Waals surface area contributed by atoms with Crippen molar-refractivity contribution >= 4 is 22.0 Å². The van der Waals surface area contributed by atoms with Crippen molar-refractivity contribution in [2.45, 2.75) is 0 Å². The minimum Gasteiger partial charge on any atom is -0.397 e. The molecule has 0 bridgehead atoms. The zero-order chi connectivity index (χ0) is 9.97. The Hall–Kier alpha value is -1.25. The number of rotatable bonds is 1. The van der Waals surface area contributed by atoms with Gasteiger partial charge in [-0.05, 0) is 0 Å². The second-order valence-corrected chi connectivity index (χ2v) is 4.08. The van der Waals surface area contributed by atoms with Crippen molar-refractivity contribution in [3.8, 4) is 6.07 Å². The van der Waals surface area contributed by atoms with Crippen LogP contribution in [0.25, 0.3) is 0 Å². The second-order valence-electron chi connectivity index (χ2n) is 3.22. The van der Waals surface area contributed by atoms with Gasteiger partial charge in [0.2, 0.25) is 0 Å². The number of nitrogens with two attached hydrogens (primary N) is 1. The maximum atomic E-state index is 8.95. The van der Waals surface area contributed by atoms with Crippen LogP contribution in [0.4, 0.5) is 10.7 Å². The van der Waals surface area contributed by atoms with E-state index >= 15 is 0 Å². The van der Waals surface area contributed by atoms with Gasteiger partial charge in [-0.25, -0.2) is 0 Å². The van der Waals surface area contributed by atoms with Crippen LogP contribution in [-0.2, 0) is 0 Å². The maximum Gasteiger partial charge on any atom is 0.111 e. The average Bonchev–Trinajstić information content (AvgIpc) is 2.61. The van der Waals surface area contributed by atoms with Gasteiger partial charge in [0.15, 0.2) is 0 Å². The van der Waals surface area contributed by atoms with E-state index in [1.807, 2.05) is 5.38 Å². The van der Waals surface area contributed by atoms with Crippen LogP contribution in [-0.4, -0.2) is 26.2 Å². The summed E-state index contributed by atoms with van der Waals surface area (Å²) in [7, 11) is 0. The number of nitrogens with one attached hydrogen (secondary N) is 1. The Labute approximate surface area is 86.9 Å². The van der Waals surface area contributed by atoms with E-state index in [2.05, 4.69) is 16.3 Å². The van der Waals surface area contributed by atoms with Gasteiger partial charge in [-0.2, -0.15) is 5.26 Å². The molecule has 0 aliphatic carbocycles. The van der Waals surface area contributed by atoms with Crippen LogP contribution in [0, 0.1) is 11.3 Å². The Morgan fingerprint density at radius 2 is 2.21 bits per heavy atom. The summed E-state index contributed by atoms with van der Waals surface area (Å²) in [6, 6.07) is 2.16. The Kier molecular flexibility index (Phi) is 2.57. The quantitative estimate of drug-likeness (QED) is 0.709. The molecule has 3 N–H and O–H groups in total. The normalized spacial score (nSPS) is 16.6. The van der Waals surface area contributed by atoms with Crippen LogP contribution in [0.2, 0.25) is 0 Å². The van der Waals surface area contributed by atoms with Crippen molar-refractivity contribution in [3.05, 3.63) is 10.9 Å². The third-order valence-corrected chi connectivity index (χ3v) is 3.37. The molecule has 0 spiro atoms. The van der Waals surface area contributed by atoms with Crippen molar-refractivity contribution in [2.75, 3.05) is 36.8 Å². The molecule has 2 heterocycles. The minimum atomic E-state index is 0.603. The summed E-state index contributed by atoms with van der Waals surface area (Å²) in [5.41, 5.74) is 6.94. The molecule has 2 rings (SSSR count). The van der Waals surface area contributed by atoms with Crippen LogP contribution in [0.3, 0.4) is 0 Å². The minimum absolute atomic E-state index is 0.603. The number of nitrogens with zero attached hydrogens (tertiary/aromatic N) is 2. The van der Waals surface area contributed by atoms with E-state index < -0.39 is 0 Å². The summed E-state index contributed by atoms with van der Waals surface area (Å²) < 4.78 is 0. The van der Waals surface area contributed by atoms with Crippen LogP contribution >= 0.6 is 11.3 Å². The molecule has 0 atom stereocenters. The van der Waals surface area contributed by atoms with Gasteiger partial charge in [0.1, 0.15) is 16.6 Å². The molecule has 5 heteroatoms. The average molecular weight is 208 g/mol. The zero-order valence-electron chi connectivity index (χ0n) is 7.79. The van der Waals surface area contributed by atoms with E-state index in [0.29, 0.717) is 11.3 Å². The number of nitriles is 1. The van der Waals surface area contributed by atoms with Crippen LogP contribution < -0.4 is 16.0 Å². The summed E-state index contributed by atoms with van der Waals surface area (Å²) in [5, 5.41) is 15.1. The number of nitrogen functional groups attached to an aromatic ring is 1. The molecule has 4 nitrogen and oxygen atoms in total. The van der Waals surface area contributed by atoms with Gasteiger partial charge in [-0.1, -0.05) is 0 Å². The number of thiophene rings is 1. The lowest BCUT2D eigenvalue weighted by Gasteiger charge is -2.28. The van der Waals surface area contributed by atoms with Crippen molar-refractivity contribution in [3.63, 3.8) is 0 Å². The van der Waals surface area contributed by atoms with Crippen molar-refractivity contribution < 1.29 is 0 Å². The van der Waals surface area contributed by atoms with Crippen LogP contribution in [0.15, 0.2) is 5.38 Å². The molecule has 0 saturated carbocycles. The van der Waals surface area contributed by atoms with Crippen LogP contribution in [0.1, 0.15) is 5.56 Å². The van der Waals surface area contributed by atoms with E-state index in [1.54, 1.807) is 11.3 Å². The van der Waals surface area contributed by atoms with Gasteiger partial charge in [0.05, 0.1) is 5.69 Å². The molecule has 0 aromatic carbocycles. The van der Waals surface area contributed by atoms with E-state index in [0.717, 1.165) is 31.2 Å². The lowest BCUT2D eigenvalue weighted by atomic mass is 10.2. The molecule has 14 heavy (non-hydrogen) atoms. The molecule has 0 amide bonds. The summed E-state index contributed by atoms with van der Waals surface area (Å²) in [6.07, 6.45) is 0. The number of piperazine rings is 1. The lowest BCUT2D eigenvalue weighted by molar-refractivity contribution is 0.591. The molecular formula is C9H12N4S. The first kappa shape index (κ1) is 9.31. The maximum absolute atomic E-state index is 8.95. The highest BCUT2D eigenvalue weighted by molar-refractivity contribution is 7.15. The first-order valence-corrected chi connectivity index (χ1v) is 5.43. The van der Waals surface area contributed by atoms with Crippen molar-refractivity contribution in [2.24, 2.45) is 0 Å². The molecule has 1 aromatic rings. The number of hydrogen-bond donors (Lipinski definition) is 2. The molecule has 1 saturated heterocycles. The van der Waals surface area contributed by atoms with Crippen molar-refractivity contribution in [1.29, 1.82) is 5.26 Å². The molecular weight excluding hydrogens is 196 g/mol. The Morgan fingerprint density at radius 1 is 1.50 bits per heavy atom. The van der Waals surface area contributed by atoms with Gasteiger partial charge in [0.25, 0.3) is 0 Å². The lowest BCUT2D eigenvalue weighted by Crippen LogP contribution is -2.43. The summed E-state index contributed by atoms with van der Waals surface area (Å²) in [6.45, 7) is 3.86. The second kappa shape index (κ2) is 3.86. The third kappa shape index (κ3) is 1.54. The Morgan fingerprint density at radius 3 is 2.86 bits per heavy atom. The van der Waals surface area contributed by atoms with Gasteiger partial charge in [-0.3, -0.25) is 0 Å². The topological polar surface area (TPSA) is 65.1 Å². The van der Waals surface area contributed by atoms with Gasteiger partial charge in [0, 0.05) is 31.6 Å². The highest BCUT2D eigenvalue weighted by Gasteiger charge is 2.17. The number of anilines is 2. The van der Waals surface area contributed by atoms with E-state index in [4.69, 9.17) is 11.0 Å². The molecule has 1 aliphatic rings. The fraction of sp³-hybridized carbons (Fsp3) is 0.444. The number of hydrogen-bond acceptors (Lipinski definition) is 5.